The van der Waals surface area contributed by atoms with E-state index in [4.69, 9.17) is 14.2 Å². The van der Waals surface area contributed by atoms with Gasteiger partial charge in [0.1, 0.15) is 6.61 Å². The summed E-state index contributed by atoms with van der Waals surface area (Å²) < 4.78 is 16.0. The van der Waals surface area contributed by atoms with E-state index < -0.39 is 11.9 Å². The van der Waals surface area contributed by atoms with Gasteiger partial charge in [-0.25, -0.2) is 9.59 Å². The van der Waals surface area contributed by atoms with Gasteiger partial charge >= 0.3 is 11.9 Å². The molecule has 40 heavy (non-hydrogen) atoms. The molecular weight excluding hydrogens is 520 g/mol. The molecule has 0 aromatic heterocycles. The van der Waals surface area contributed by atoms with E-state index in [9.17, 15) is 9.59 Å². The van der Waals surface area contributed by atoms with Gasteiger partial charge in [0.15, 0.2) is 0 Å². The van der Waals surface area contributed by atoms with Crippen LogP contribution in [0.15, 0.2) is 0 Å². The summed E-state index contributed by atoms with van der Waals surface area (Å²) in [6, 6.07) is 0. The molecule has 0 amide bonds. The van der Waals surface area contributed by atoms with E-state index in [0.717, 1.165) is 30.8 Å². The van der Waals surface area contributed by atoms with E-state index >= 15 is 0 Å². The van der Waals surface area contributed by atoms with Crippen molar-refractivity contribution < 1.29 is 23.8 Å². The fourth-order valence-corrected chi connectivity index (χ4v) is 6.05. The molecule has 1 heterocycles. The minimum absolute atomic E-state index is 0.280. The smallest absolute Gasteiger partial charge is 0.417 e. The first kappa shape index (κ1) is 37.3. The second-order valence-corrected chi connectivity index (χ2v) is 13.0. The van der Waals surface area contributed by atoms with Crippen LogP contribution in [0.3, 0.4) is 0 Å². The molecular formula is C34H64O5S. The SMILES string of the molecule is CCCCCCCCCCCCSCCOC(=O)C(=O)OCCCCCCCCC1OC1CCCCCCCC. The third kappa shape index (κ3) is 23.9. The lowest BCUT2D eigenvalue weighted by atomic mass is 10.0. The standard InChI is InChI=1S/C34H64O5S/c1-3-5-7-9-11-12-13-16-20-24-29-40-30-28-38-34(36)33(35)37-27-23-19-15-14-18-22-26-32-31(39-32)25-21-17-10-8-6-4-2/h31-32H,3-30H2,1-2H3. The molecule has 1 aliphatic heterocycles. The monoisotopic (exact) mass is 584 g/mol. The molecule has 1 aliphatic rings. The van der Waals surface area contributed by atoms with Crippen molar-refractivity contribution >= 4 is 23.7 Å². The van der Waals surface area contributed by atoms with E-state index in [0.29, 0.717) is 18.8 Å². The van der Waals surface area contributed by atoms with Gasteiger partial charge in [0.2, 0.25) is 0 Å². The Labute approximate surface area is 252 Å². The lowest BCUT2D eigenvalue weighted by Gasteiger charge is -2.06. The van der Waals surface area contributed by atoms with E-state index in [1.807, 2.05) is 0 Å². The van der Waals surface area contributed by atoms with Crippen LogP contribution in [-0.4, -0.2) is 48.9 Å². The number of thioether (sulfide) groups is 1. The van der Waals surface area contributed by atoms with Gasteiger partial charge in [0.05, 0.1) is 18.8 Å². The number of unbranched alkanes of at least 4 members (excludes halogenated alkanes) is 19. The van der Waals surface area contributed by atoms with Gasteiger partial charge in [-0.15, -0.1) is 0 Å². The molecule has 2 atom stereocenters. The third-order valence-electron chi connectivity index (χ3n) is 7.92. The van der Waals surface area contributed by atoms with Crippen LogP contribution >= 0.6 is 11.8 Å². The molecule has 0 bridgehead atoms. The lowest BCUT2D eigenvalue weighted by molar-refractivity contribution is -0.167. The zero-order chi connectivity index (χ0) is 28.9. The number of carbonyl (C=O) groups is 2. The Hall–Kier alpha value is -0.750. The fourth-order valence-electron chi connectivity index (χ4n) is 5.24. The fraction of sp³-hybridized carbons (Fsp3) is 0.941. The molecule has 1 fully saturated rings. The Bertz CT molecular complexity index is 585. The number of carbonyl (C=O) groups excluding carboxylic acids is 2. The highest BCUT2D eigenvalue weighted by atomic mass is 32.2. The second kappa shape index (κ2) is 28.4. The van der Waals surface area contributed by atoms with Crippen molar-refractivity contribution in [3.05, 3.63) is 0 Å². The van der Waals surface area contributed by atoms with Crippen molar-refractivity contribution in [2.75, 3.05) is 24.7 Å². The van der Waals surface area contributed by atoms with Crippen LogP contribution in [0.1, 0.15) is 168 Å². The van der Waals surface area contributed by atoms with Crippen molar-refractivity contribution in [1.82, 2.24) is 0 Å². The van der Waals surface area contributed by atoms with Gasteiger partial charge in [-0.3, -0.25) is 0 Å². The highest BCUT2D eigenvalue weighted by Gasteiger charge is 2.36. The first-order valence-corrected chi connectivity index (χ1v) is 18.4. The average Bonchev–Trinajstić information content (AvgIpc) is 3.71. The molecule has 2 unspecified atom stereocenters. The molecule has 0 aromatic carbocycles. The number of ether oxygens (including phenoxy) is 3. The first-order valence-electron chi connectivity index (χ1n) is 17.3. The maximum absolute atomic E-state index is 11.8. The van der Waals surface area contributed by atoms with Crippen molar-refractivity contribution in [2.24, 2.45) is 0 Å². The van der Waals surface area contributed by atoms with Crippen LogP contribution in [0.25, 0.3) is 0 Å². The number of hydrogen-bond acceptors (Lipinski definition) is 6. The number of hydrogen-bond donors (Lipinski definition) is 0. The molecule has 0 radical (unpaired) electrons. The zero-order valence-electron chi connectivity index (χ0n) is 26.4. The highest BCUT2D eigenvalue weighted by molar-refractivity contribution is 7.99. The van der Waals surface area contributed by atoms with Crippen molar-refractivity contribution in [3.8, 4) is 0 Å². The molecule has 0 aliphatic carbocycles. The molecule has 5 nitrogen and oxygen atoms in total. The summed E-state index contributed by atoms with van der Waals surface area (Å²) in [5, 5.41) is 0. The maximum Gasteiger partial charge on any atom is 0.417 e. The van der Waals surface area contributed by atoms with Crippen LogP contribution in [0, 0.1) is 0 Å². The summed E-state index contributed by atoms with van der Waals surface area (Å²) in [5.41, 5.74) is 0. The van der Waals surface area contributed by atoms with Gasteiger partial charge in [-0.05, 0) is 31.4 Å². The number of esters is 2. The second-order valence-electron chi connectivity index (χ2n) is 11.7. The molecule has 6 heteroatoms. The van der Waals surface area contributed by atoms with Gasteiger partial charge in [-0.1, -0.05) is 142 Å². The minimum Gasteiger partial charge on any atom is -0.457 e. The maximum atomic E-state index is 11.8. The molecule has 1 saturated heterocycles. The first-order chi connectivity index (χ1) is 19.7. The third-order valence-corrected chi connectivity index (χ3v) is 8.95. The van der Waals surface area contributed by atoms with E-state index in [1.165, 1.54) is 135 Å². The Morgan fingerprint density at radius 2 is 0.900 bits per heavy atom. The summed E-state index contributed by atoms with van der Waals surface area (Å²) in [7, 11) is 0. The predicted octanol–water partition coefficient (Wildman–Crippen LogP) is 9.98. The van der Waals surface area contributed by atoms with Crippen LogP contribution in [0.2, 0.25) is 0 Å². The Balaban J connectivity index is 1.76. The summed E-state index contributed by atoms with van der Waals surface area (Å²) in [6.07, 6.45) is 31.8. The minimum atomic E-state index is -0.850. The number of rotatable bonds is 30. The van der Waals surface area contributed by atoms with Crippen molar-refractivity contribution in [3.63, 3.8) is 0 Å². The van der Waals surface area contributed by atoms with Gasteiger partial charge < -0.3 is 14.2 Å². The number of epoxide rings is 1. The molecule has 0 aromatic rings. The molecule has 236 valence electrons. The molecule has 1 rings (SSSR count). The average molecular weight is 585 g/mol. The van der Waals surface area contributed by atoms with E-state index in [2.05, 4.69) is 13.8 Å². The summed E-state index contributed by atoms with van der Waals surface area (Å²) in [6.45, 7) is 5.11. The van der Waals surface area contributed by atoms with E-state index in [-0.39, 0.29) is 6.61 Å². The van der Waals surface area contributed by atoms with Gasteiger partial charge in [0, 0.05) is 5.75 Å². The lowest BCUT2D eigenvalue weighted by Crippen LogP contribution is -2.21. The van der Waals surface area contributed by atoms with Crippen LogP contribution in [0.5, 0.6) is 0 Å². The molecule has 0 N–H and O–H groups in total. The summed E-state index contributed by atoms with van der Waals surface area (Å²) in [4.78, 5) is 23.6. The van der Waals surface area contributed by atoms with Crippen LogP contribution in [0.4, 0.5) is 0 Å². The topological polar surface area (TPSA) is 65.1 Å². The van der Waals surface area contributed by atoms with Gasteiger partial charge in [-0.2, -0.15) is 11.8 Å². The van der Waals surface area contributed by atoms with Crippen LogP contribution < -0.4 is 0 Å². The summed E-state index contributed by atoms with van der Waals surface area (Å²) >= 11 is 1.79. The van der Waals surface area contributed by atoms with Crippen molar-refractivity contribution in [2.45, 2.75) is 180 Å². The Morgan fingerprint density at radius 1 is 0.500 bits per heavy atom. The predicted molar refractivity (Wildman–Crippen MR) is 170 cm³/mol. The highest BCUT2D eigenvalue weighted by Crippen LogP contribution is 2.31. The van der Waals surface area contributed by atoms with E-state index in [1.54, 1.807) is 11.8 Å². The zero-order valence-corrected chi connectivity index (χ0v) is 27.2. The molecule has 0 saturated carbocycles. The van der Waals surface area contributed by atoms with Gasteiger partial charge in [0.25, 0.3) is 0 Å². The van der Waals surface area contributed by atoms with Crippen molar-refractivity contribution in [1.29, 1.82) is 0 Å². The largest absolute Gasteiger partial charge is 0.457 e. The van der Waals surface area contributed by atoms with Crippen LogP contribution in [-0.2, 0) is 23.8 Å². The Kier molecular flexibility index (Phi) is 26.4. The quantitative estimate of drug-likeness (QED) is 0.0362. The summed E-state index contributed by atoms with van der Waals surface area (Å²) in [5.74, 6) is 0.131. The Morgan fingerprint density at radius 3 is 1.40 bits per heavy atom. The molecule has 0 spiro atoms. The normalized spacial score (nSPS) is 16.2.